The van der Waals surface area contributed by atoms with E-state index in [1.165, 1.54) is 0 Å². The first kappa shape index (κ1) is 10.7. The van der Waals surface area contributed by atoms with Gasteiger partial charge >= 0.3 is 5.97 Å². The molecule has 0 heterocycles. The molecule has 0 spiro atoms. The lowest BCUT2D eigenvalue weighted by Gasteiger charge is -2.14. The van der Waals surface area contributed by atoms with Crippen molar-refractivity contribution in [3.63, 3.8) is 0 Å². The number of nitrogens with one attached hydrogen (secondary N) is 1. The zero-order valence-corrected chi connectivity index (χ0v) is 7.81. The average Bonchev–Trinajstić information content (AvgIpc) is 2.20. The van der Waals surface area contributed by atoms with Crippen LogP contribution < -0.4 is 11.3 Å². The molecule has 14 heavy (non-hydrogen) atoms. The van der Waals surface area contributed by atoms with Crippen LogP contribution in [0.3, 0.4) is 0 Å². The van der Waals surface area contributed by atoms with Crippen molar-refractivity contribution in [2.45, 2.75) is 18.9 Å². The Hall–Kier alpha value is -1.39. The first-order chi connectivity index (χ1) is 6.74. The number of hydrogen-bond acceptors (Lipinski definition) is 3. The Morgan fingerprint density at radius 2 is 2.07 bits per heavy atom. The molecular formula is C10H14N2O2. The number of hydrazine groups is 1. The highest BCUT2D eigenvalue weighted by atomic mass is 16.4. The van der Waals surface area contributed by atoms with Gasteiger partial charge in [-0.15, -0.1) is 0 Å². The third-order valence-electron chi connectivity index (χ3n) is 2.05. The van der Waals surface area contributed by atoms with Crippen molar-refractivity contribution >= 4 is 5.97 Å². The lowest BCUT2D eigenvalue weighted by molar-refractivity contribution is -0.137. The quantitative estimate of drug-likeness (QED) is 0.484. The maximum Gasteiger partial charge on any atom is 0.303 e. The predicted octanol–water partition coefficient (Wildman–Crippen LogP) is 1.06. The van der Waals surface area contributed by atoms with Crippen LogP contribution in [0.15, 0.2) is 30.3 Å². The number of benzene rings is 1. The van der Waals surface area contributed by atoms with E-state index in [1.807, 2.05) is 30.3 Å². The standard InChI is InChI=1S/C10H14N2O2/c11-12-9(6-7-10(13)14)8-4-2-1-3-5-8/h1-5,9,12H,6-7,11H2,(H,13,14). The topological polar surface area (TPSA) is 75.3 Å². The van der Waals surface area contributed by atoms with Gasteiger partial charge < -0.3 is 5.11 Å². The highest BCUT2D eigenvalue weighted by Crippen LogP contribution is 2.16. The van der Waals surface area contributed by atoms with Gasteiger partial charge in [-0.05, 0) is 12.0 Å². The van der Waals surface area contributed by atoms with E-state index in [9.17, 15) is 4.79 Å². The Balaban J connectivity index is 2.58. The second kappa shape index (κ2) is 5.36. The summed E-state index contributed by atoms with van der Waals surface area (Å²) in [4.78, 5) is 10.4. The SMILES string of the molecule is NNC(CCC(=O)O)c1ccccc1. The Morgan fingerprint density at radius 3 is 2.57 bits per heavy atom. The monoisotopic (exact) mass is 194 g/mol. The van der Waals surface area contributed by atoms with Gasteiger partial charge in [0, 0.05) is 12.5 Å². The molecule has 0 bridgehead atoms. The molecule has 1 atom stereocenters. The molecule has 0 aliphatic rings. The van der Waals surface area contributed by atoms with Crippen LogP contribution in [-0.2, 0) is 4.79 Å². The molecule has 0 saturated heterocycles. The first-order valence-electron chi connectivity index (χ1n) is 4.47. The highest BCUT2D eigenvalue weighted by Gasteiger charge is 2.10. The minimum Gasteiger partial charge on any atom is -0.481 e. The summed E-state index contributed by atoms with van der Waals surface area (Å²) in [6.45, 7) is 0. The molecule has 0 radical (unpaired) electrons. The van der Waals surface area contributed by atoms with Crippen molar-refractivity contribution in [1.82, 2.24) is 5.43 Å². The molecule has 1 rings (SSSR count). The molecule has 0 aliphatic carbocycles. The van der Waals surface area contributed by atoms with Crippen molar-refractivity contribution < 1.29 is 9.90 Å². The van der Waals surface area contributed by atoms with E-state index in [0.29, 0.717) is 6.42 Å². The molecule has 4 N–H and O–H groups in total. The number of carbonyl (C=O) groups is 1. The highest BCUT2D eigenvalue weighted by molar-refractivity contribution is 5.66. The van der Waals surface area contributed by atoms with Gasteiger partial charge in [0.25, 0.3) is 0 Å². The normalized spacial score (nSPS) is 12.4. The van der Waals surface area contributed by atoms with Crippen LogP contribution in [-0.4, -0.2) is 11.1 Å². The van der Waals surface area contributed by atoms with E-state index in [-0.39, 0.29) is 12.5 Å². The van der Waals surface area contributed by atoms with Crippen molar-refractivity contribution in [3.8, 4) is 0 Å². The average molecular weight is 194 g/mol. The Labute approximate surface area is 82.7 Å². The van der Waals surface area contributed by atoms with Gasteiger partial charge in [0.2, 0.25) is 0 Å². The second-order valence-electron chi connectivity index (χ2n) is 3.06. The first-order valence-corrected chi connectivity index (χ1v) is 4.47. The molecule has 0 amide bonds. The fourth-order valence-electron chi connectivity index (χ4n) is 1.30. The van der Waals surface area contributed by atoms with Crippen LogP contribution in [0, 0.1) is 0 Å². The molecular weight excluding hydrogens is 180 g/mol. The summed E-state index contributed by atoms with van der Waals surface area (Å²) in [7, 11) is 0. The predicted molar refractivity (Wildman–Crippen MR) is 53.4 cm³/mol. The van der Waals surface area contributed by atoms with Crippen molar-refractivity contribution in [2.24, 2.45) is 5.84 Å². The third kappa shape index (κ3) is 3.16. The number of nitrogens with two attached hydrogens (primary N) is 1. The maximum absolute atomic E-state index is 10.4. The number of carboxylic acids is 1. The molecule has 0 saturated carbocycles. The zero-order chi connectivity index (χ0) is 10.4. The van der Waals surface area contributed by atoms with Crippen LogP contribution in [0.2, 0.25) is 0 Å². The fraction of sp³-hybridized carbons (Fsp3) is 0.300. The number of aliphatic carboxylic acids is 1. The largest absolute Gasteiger partial charge is 0.481 e. The van der Waals surface area contributed by atoms with E-state index >= 15 is 0 Å². The summed E-state index contributed by atoms with van der Waals surface area (Å²) in [5.74, 6) is 4.54. The van der Waals surface area contributed by atoms with Gasteiger partial charge in [0.15, 0.2) is 0 Å². The summed E-state index contributed by atoms with van der Waals surface area (Å²) >= 11 is 0. The van der Waals surface area contributed by atoms with Gasteiger partial charge in [0.1, 0.15) is 0 Å². The summed E-state index contributed by atoms with van der Waals surface area (Å²) < 4.78 is 0. The van der Waals surface area contributed by atoms with E-state index in [0.717, 1.165) is 5.56 Å². The van der Waals surface area contributed by atoms with Gasteiger partial charge in [-0.25, -0.2) is 0 Å². The lowest BCUT2D eigenvalue weighted by Crippen LogP contribution is -2.28. The fourth-order valence-corrected chi connectivity index (χ4v) is 1.30. The third-order valence-corrected chi connectivity index (χ3v) is 2.05. The summed E-state index contributed by atoms with van der Waals surface area (Å²) in [5.41, 5.74) is 3.62. The molecule has 0 aliphatic heterocycles. The maximum atomic E-state index is 10.4. The van der Waals surface area contributed by atoms with Gasteiger partial charge in [-0.3, -0.25) is 16.1 Å². The van der Waals surface area contributed by atoms with E-state index < -0.39 is 5.97 Å². The summed E-state index contributed by atoms with van der Waals surface area (Å²) in [6, 6.07) is 9.47. The Bertz CT molecular complexity index is 287. The minimum atomic E-state index is -0.804. The van der Waals surface area contributed by atoms with Gasteiger partial charge in [0.05, 0.1) is 0 Å². The van der Waals surface area contributed by atoms with Crippen LogP contribution in [0.25, 0.3) is 0 Å². The number of rotatable bonds is 5. The molecule has 1 aromatic rings. The second-order valence-corrected chi connectivity index (χ2v) is 3.06. The number of carboxylic acid groups (broad SMARTS) is 1. The van der Waals surface area contributed by atoms with Crippen molar-refractivity contribution in [3.05, 3.63) is 35.9 Å². The van der Waals surface area contributed by atoms with Crippen molar-refractivity contribution in [1.29, 1.82) is 0 Å². The van der Waals surface area contributed by atoms with Crippen LogP contribution in [0.1, 0.15) is 24.4 Å². The Kier molecular flexibility index (Phi) is 4.10. The van der Waals surface area contributed by atoms with E-state index in [2.05, 4.69) is 5.43 Å². The van der Waals surface area contributed by atoms with E-state index in [1.54, 1.807) is 0 Å². The summed E-state index contributed by atoms with van der Waals surface area (Å²) in [5, 5.41) is 8.54. The molecule has 0 fully saturated rings. The van der Waals surface area contributed by atoms with E-state index in [4.69, 9.17) is 10.9 Å². The molecule has 1 unspecified atom stereocenters. The molecule has 1 aromatic carbocycles. The van der Waals surface area contributed by atoms with Crippen LogP contribution >= 0.6 is 0 Å². The number of hydrogen-bond donors (Lipinski definition) is 3. The molecule has 4 nitrogen and oxygen atoms in total. The zero-order valence-electron chi connectivity index (χ0n) is 7.81. The van der Waals surface area contributed by atoms with Gasteiger partial charge in [-0.2, -0.15) is 0 Å². The smallest absolute Gasteiger partial charge is 0.303 e. The van der Waals surface area contributed by atoms with Gasteiger partial charge in [-0.1, -0.05) is 30.3 Å². The van der Waals surface area contributed by atoms with Crippen LogP contribution in [0.5, 0.6) is 0 Å². The van der Waals surface area contributed by atoms with Crippen LogP contribution in [0.4, 0.5) is 0 Å². The van der Waals surface area contributed by atoms with Crippen molar-refractivity contribution in [2.75, 3.05) is 0 Å². The minimum absolute atomic E-state index is 0.0905. The lowest BCUT2D eigenvalue weighted by atomic mass is 10.0. The molecule has 4 heteroatoms. The Morgan fingerprint density at radius 1 is 1.43 bits per heavy atom. The molecule has 0 aromatic heterocycles. The summed E-state index contributed by atoms with van der Waals surface area (Å²) in [6.07, 6.45) is 0.611. The molecule has 76 valence electrons.